The summed E-state index contributed by atoms with van der Waals surface area (Å²) in [6.07, 6.45) is 2.58. The van der Waals surface area contributed by atoms with Gasteiger partial charge in [0.25, 0.3) is 0 Å². The van der Waals surface area contributed by atoms with Crippen LogP contribution in [0.5, 0.6) is 0 Å². The lowest BCUT2D eigenvalue weighted by Gasteiger charge is -2.33. The van der Waals surface area contributed by atoms with Crippen molar-refractivity contribution >= 4 is 12.1 Å². The van der Waals surface area contributed by atoms with Crippen molar-refractivity contribution in [2.24, 2.45) is 0 Å². The Kier molecular flexibility index (Phi) is 2.47. The SMILES string of the molecule is Cc1c(F)ccc2c1CCC(C)N2C=O. The van der Waals surface area contributed by atoms with Crippen LogP contribution in [0.15, 0.2) is 12.1 Å². The molecule has 1 atom stereocenters. The number of anilines is 1. The van der Waals surface area contributed by atoms with E-state index in [-0.39, 0.29) is 11.9 Å². The molecule has 1 heterocycles. The van der Waals surface area contributed by atoms with Crippen LogP contribution in [-0.4, -0.2) is 12.5 Å². The van der Waals surface area contributed by atoms with Crippen LogP contribution in [0.3, 0.4) is 0 Å². The lowest BCUT2D eigenvalue weighted by molar-refractivity contribution is -0.107. The zero-order valence-corrected chi connectivity index (χ0v) is 8.96. The summed E-state index contributed by atoms with van der Waals surface area (Å²) in [6.45, 7) is 3.78. The van der Waals surface area contributed by atoms with Gasteiger partial charge < -0.3 is 4.90 Å². The van der Waals surface area contributed by atoms with Crippen molar-refractivity contribution in [2.75, 3.05) is 4.90 Å². The molecule has 1 aromatic carbocycles. The standard InChI is InChI=1S/C12H14FNO/c1-8-3-4-10-9(2)11(13)5-6-12(10)14(8)7-15/h5-8H,3-4H2,1-2H3. The van der Waals surface area contributed by atoms with Gasteiger partial charge >= 0.3 is 0 Å². The van der Waals surface area contributed by atoms with Crippen LogP contribution in [0.25, 0.3) is 0 Å². The van der Waals surface area contributed by atoms with E-state index in [0.29, 0.717) is 5.56 Å². The fourth-order valence-electron chi connectivity index (χ4n) is 2.16. The minimum atomic E-state index is -0.186. The summed E-state index contributed by atoms with van der Waals surface area (Å²) < 4.78 is 13.3. The van der Waals surface area contributed by atoms with Gasteiger partial charge in [-0.25, -0.2) is 4.39 Å². The van der Waals surface area contributed by atoms with Crippen LogP contribution < -0.4 is 4.90 Å². The van der Waals surface area contributed by atoms with Gasteiger partial charge in [0.2, 0.25) is 6.41 Å². The smallest absolute Gasteiger partial charge is 0.214 e. The van der Waals surface area contributed by atoms with Gasteiger partial charge in [-0.1, -0.05) is 0 Å². The second-order valence-electron chi connectivity index (χ2n) is 4.07. The van der Waals surface area contributed by atoms with Crippen LogP contribution in [0.2, 0.25) is 0 Å². The molecule has 0 saturated heterocycles. The normalized spacial score (nSPS) is 19.9. The Morgan fingerprint density at radius 3 is 2.93 bits per heavy atom. The van der Waals surface area contributed by atoms with Gasteiger partial charge in [0.15, 0.2) is 0 Å². The van der Waals surface area contributed by atoms with Crippen molar-refractivity contribution in [3.63, 3.8) is 0 Å². The fraction of sp³-hybridized carbons (Fsp3) is 0.417. The predicted octanol–water partition coefficient (Wildman–Crippen LogP) is 2.43. The molecule has 2 rings (SSSR count). The average Bonchev–Trinajstić information content (AvgIpc) is 2.23. The molecule has 2 nitrogen and oxygen atoms in total. The Balaban J connectivity index is 2.56. The average molecular weight is 207 g/mol. The van der Waals surface area contributed by atoms with E-state index in [2.05, 4.69) is 0 Å². The van der Waals surface area contributed by atoms with E-state index < -0.39 is 0 Å². The monoisotopic (exact) mass is 207 g/mol. The number of amides is 1. The van der Waals surface area contributed by atoms with E-state index in [0.717, 1.165) is 30.5 Å². The first-order chi connectivity index (χ1) is 7.15. The van der Waals surface area contributed by atoms with Gasteiger partial charge in [-0.05, 0) is 49.9 Å². The molecule has 0 bridgehead atoms. The van der Waals surface area contributed by atoms with Crippen LogP contribution in [-0.2, 0) is 11.2 Å². The molecular weight excluding hydrogens is 193 g/mol. The van der Waals surface area contributed by atoms with Crippen molar-refractivity contribution < 1.29 is 9.18 Å². The zero-order chi connectivity index (χ0) is 11.0. The number of benzene rings is 1. The lowest BCUT2D eigenvalue weighted by Crippen LogP contribution is -2.36. The first-order valence-electron chi connectivity index (χ1n) is 5.16. The van der Waals surface area contributed by atoms with Crippen LogP contribution in [0, 0.1) is 12.7 Å². The summed E-state index contributed by atoms with van der Waals surface area (Å²) in [5, 5.41) is 0. The zero-order valence-electron chi connectivity index (χ0n) is 8.96. The molecule has 0 fully saturated rings. The van der Waals surface area contributed by atoms with Crippen molar-refractivity contribution in [1.82, 2.24) is 0 Å². The molecule has 0 aliphatic carbocycles. The largest absolute Gasteiger partial charge is 0.312 e. The highest BCUT2D eigenvalue weighted by molar-refractivity contribution is 5.79. The molecule has 3 heteroatoms. The number of halogens is 1. The molecule has 1 aromatic rings. The van der Waals surface area contributed by atoms with Gasteiger partial charge in [0.05, 0.1) is 0 Å². The summed E-state index contributed by atoms with van der Waals surface area (Å²) in [5.41, 5.74) is 2.51. The third-order valence-corrected chi connectivity index (χ3v) is 3.19. The summed E-state index contributed by atoms with van der Waals surface area (Å²) in [6, 6.07) is 3.34. The molecule has 80 valence electrons. The van der Waals surface area contributed by atoms with E-state index in [1.54, 1.807) is 17.9 Å². The van der Waals surface area contributed by atoms with Crippen LogP contribution in [0.1, 0.15) is 24.5 Å². The first-order valence-corrected chi connectivity index (χ1v) is 5.16. The molecule has 1 aliphatic heterocycles. The molecule has 0 radical (unpaired) electrons. The Morgan fingerprint density at radius 1 is 1.53 bits per heavy atom. The molecule has 0 spiro atoms. The molecule has 0 saturated carbocycles. The molecule has 0 aromatic heterocycles. The number of nitrogens with zero attached hydrogens (tertiary/aromatic N) is 1. The second-order valence-corrected chi connectivity index (χ2v) is 4.07. The quantitative estimate of drug-likeness (QED) is 0.648. The number of rotatable bonds is 1. The molecule has 1 amide bonds. The maximum atomic E-state index is 13.3. The number of hydrogen-bond donors (Lipinski definition) is 0. The van der Waals surface area contributed by atoms with Crippen LogP contribution >= 0.6 is 0 Å². The topological polar surface area (TPSA) is 20.3 Å². The van der Waals surface area contributed by atoms with E-state index >= 15 is 0 Å². The maximum absolute atomic E-state index is 13.3. The van der Waals surface area contributed by atoms with E-state index in [9.17, 15) is 9.18 Å². The molecule has 1 unspecified atom stereocenters. The minimum absolute atomic E-state index is 0.186. The Hall–Kier alpha value is -1.38. The van der Waals surface area contributed by atoms with Crippen molar-refractivity contribution in [3.05, 3.63) is 29.1 Å². The van der Waals surface area contributed by atoms with E-state index in [1.165, 1.54) is 6.07 Å². The highest BCUT2D eigenvalue weighted by Crippen LogP contribution is 2.32. The number of fused-ring (bicyclic) bond motifs is 1. The molecule has 1 aliphatic rings. The van der Waals surface area contributed by atoms with E-state index in [4.69, 9.17) is 0 Å². The molecule has 15 heavy (non-hydrogen) atoms. The number of hydrogen-bond acceptors (Lipinski definition) is 1. The summed E-state index contributed by atoms with van der Waals surface area (Å²) >= 11 is 0. The highest BCUT2D eigenvalue weighted by Gasteiger charge is 2.24. The van der Waals surface area contributed by atoms with Gasteiger partial charge in [-0.2, -0.15) is 0 Å². The maximum Gasteiger partial charge on any atom is 0.214 e. The van der Waals surface area contributed by atoms with Gasteiger partial charge in [-0.15, -0.1) is 0 Å². The highest BCUT2D eigenvalue weighted by atomic mass is 19.1. The first kappa shape index (κ1) is 10.1. The minimum Gasteiger partial charge on any atom is -0.312 e. The lowest BCUT2D eigenvalue weighted by atomic mass is 9.93. The second kappa shape index (κ2) is 3.65. The Labute approximate surface area is 88.7 Å². The van der Waals surface area contributed by atoms with Crippen molar-refractivity contribution in [3.8, 4) is 0 Å². The Morgan fingerprint density at radius 2 is 2.27 bits per heavy atom. The van der Waals surface area contributed by atoms with Gasteiger partial charge in [0.1, 0.15) is 5.82 Å². The van der Waals surface area contributed by atoms with Gasteiger partial charge in [-0.3, -0.25) is 4.79 Å². The third-order valence-electron chi connectivity index (χ3n) is 3.19. The van der Waals surface area contributed by atoms with Crippen molar-refractivity contribution in [2.45, 2.75) is 32.7 Å². The summed E-state index contributed by atoms with van der Waals surface area (Å²) in [7, 11) is 0. The predicted molar refractivity (Wildman–Crippen MR) is 57.5 cm³/mol. The molecule has 0 N–H and O–H groups in total. The van der Waals surface area contributed by atoms with Crippen molar-refractivity contribution in [1.29, 1.82) is 0 Å². The number of carbonyl (C=O) groups is 1. The Bertz CT molecular complexity index is 403. The fourth-order valence-corrected chi connectivity index (χ4v) is 2.16. The van der Waals surface area contributed by atoms with Gasteiger partial charge in [0, 0.05) is 11.7 Å². The summed E-state index contributed by atoms with van der Waals surface area (Å²) in [4.78, 5) is 12.6. The summed E-state index contributed by atoms with van der Waals surface area (Å²) in [5.74, 6) is -0.186. The van der Waals surface area contributed by atoms with E-state index in [1.807, 2.05) is 6.92 Å². The third kappa shape index (κ3) is 1.52. The molecular formula is C12H14FNO. The number of carbonyl (C=O) groups excluding carboxylic acids is 1. The van der Waals surface area contributed by atoms with Crippen LogP contribution in [0.4, 0.5) is 10.1 Å².